The molecular formula is C11H21N3. The van der Waals surface area contributed by atoms with Gasteiger partial charge in [-0.05, 0) is 30.4 Å². The molecule has 3 heteroatoms. The number of hydrogen-bond acceptors (Lipinski definition) is 2. The third kappa shape index (κ3) is 2.84. The quantitative estimate of drug-likeness (QED) is 0.796. The Hall–Kier alpha value is -0.830. The predicted octanol–water partition coefficient (Wildman–Crippen LogP) is 1.58. The molecule has 80 valence electrons. The second kappa shape index (κ2) is 4.13. The summed E-state index contributed by atoms with van der Waals surface area (Å²) in [4.78, 5) is 0. The lowest BCUT2D eigenvalue weighted by Crippen LogP contribution is -2.30. The first-order valence-electron chi connectivity index (χ1n) is 5.12. The molecule has 0 aliphatic carbocycles. The SMILES string of the molecule is Cn1ccc(CC(CN)C(C)(C)C)n1. The lowest BCUT2D eigenvalue weighted by Gasteiger charge is -2.28. The van der Waals surface area contributed by atoms with E-state index in [1.807, 2.05) is 17.9 Å². The molecule has 14 heavy (non-hydrogen) atoms. The van der Waals surface area contributed by atoms with Crippen LogP contribution in [0, 0.1) is 11.3 Å². The van der Waals surface area contributed by atoms with E-state index >= 15 is 0 Å². The molecule has 0 aliphatic heterocycles. The van der Waals surface area contributed by atoms with Gasteiger partial charge in [0.05, 0.1) is 5.69 Å². The first kappa shape index (κ1) is 11.2. The Labute approximate surface area is 86.3 Å². The van der Waals surface area contributed by atoms with Gasteiger partial charge in [0, 0.05) is 13.2 Å². The van der Waals surface area contributed by atoms with Gasteiger partial charge in [0.2, 0.25) is 0 Å². The van der Waals surface area contributed by atoms with E-state index in [4.69, 9.17) is 5.73 Å². The molecule has 3 nitrogen and oxygen atoms in total. The van der Waals surface area contributed by atoms with Gasteiger partial charge < -0.3 is 5.73 Å². The second-order valence-corrected chi connectivity index (χ2v) is 4.98. The van der Waals surface area contributed by atoms with E-state index in [1.165, 1.54) is 0 Å². The van der Waals surface area contributed by atoms with Gasteiger partial charge in [0.15, 0.2) is 0 Å². The summed E-state index contributed by atoms with van der Waals surface area (Å²) in [6, 6.07) is 2.06. The van der Waals surface area contributed by atoms with Crippen molar-refractivity contribution in [3.8, 4) is 0 Å². The minimum Gasteiger partial charge on any atom is -0.330 e. The van der Waals surface area contributed by atoms with E-state index < -0.39 is 0 Å². The lowest BCUT2D eigenvalue weighted by molar-refractivity contribution is 0.244. The van der Waals surface area contributed by atoms with Crippen LogP contribution in [0.1, 0.15) is 26.5 Å². The Morgan fingerprint density at radius 3 is 2.50 bits per heavy atom. The number of nitrogens with zero attached hydrogens (tertiary/aromatic N) is 2. The van der Waals surface area contributed by atoms with Crippen LogP contribution < -0.4 is 5.73 Å². The number of aryl methyl sites for hydroxylation is 1. The summed E-state index contributed by atoms with van der Waals surface area (Å²) in [6.45, 7) is 7.41. The van der Waals surface area contributed by atoms with Crippen LogP contribution in [0.25, 0.3) is 0 Å². The zero-order valence-corrected chi connectivity index (χ0v) is 9.62. The summed E-state index contributed by atoms with van der Waals surface area (Å²) >= 11 is 0. The number of hydrogen-bond donors (Lipinski definition) is 1. The molecule has 0 amide bonds. The zero-order valence-electron chi connectivity index (χ0n) is 9.62. The maximum absolute atomic E-state index is 5.78. The Kier molecular flexibility index (Phi) is 3.32. The molecule has 0 fully saturated rings. The third-order valence-corrected chi connectivity index (χ3v) is 2.73. The largest absolute Gasteiger partial charge is 0.330 e. The van der Waals surface area contributed by atoms with Crippen molar-refractivity contribution in [3.05, 3.63) is 18.0 Å². The van der Waals surface area contributed by atoms with Crippen molar-refractivity contribution >= 4 is 0 Å². The predicted molar refractivity (Wildman–Crippen MR) is 58.9 cm³/mol. The Balaban J connectivity index is 2.66. The van der Waals surface area contributed by atoms with Crippen molar-refractivity contribution in [1.29, 1.82) is 0 Å². The fourth-order valence-corrected chi connectivity index (χ4v) is 1.57. The summed E-state index contributed by atoms with van der Waals surface area (Å²) in [5.74, 6) is 0.498. The highest BCUT2D eigenvalue weighted by Gasteiger charge is 2.23. The van der Waals surface area contributed by atoms with Crippen LogP contribution in [0.3, 0.4) is 0 Å². The highest BCUT2D eigenvalue weighted by atomic mass is 15.2. The van der Waals surface area contributed by atoms with E-state index in [9.17, 15) is 0 Å². The average Bonchev–Trinajstić information content (AvgIpc) is 2.45. The molecule has 1 unspecified atom stereocenters. The van der Waals surface area contributed by atoms with Crippen LogP contribution in [0.5, 0.6) is 0 Å². The van der Waals surface area contributed by atoms with Crippen LogP contribution >= 0.6 is 0 Å². The lowest BCUT2D eigenvalue weighted by atomic mass is 9.78. The molecule has 0 saturated carbocycles. The minimum absolute atomic E-state index is 0.256. The van der Waals surface area contributed by atoms with Gasteiger partial charge in [-0.3, -0.25) is 4.68 Å². The summed E-state index contributed by atoms with van der Waals surface area (Å²) in [5.41, 5.74) is 7.17. The molecule has 1 atom stereocenters. The molecule has 1 rings (SSSR count). The van der Waals surface area contributed by atoms with Gasteiger partial charge in [0.25, 0.3) is 0 Å². The molecule has 0 saturated heterocycles. The minimum atomic E-state index is 0.256. The van der Waals surface area contributed by atoms with Crippen LogP contribution in [0.2, 0.25) is 0 Å². The normalized spacial score (nSPS) is 14.4. The Morgan fingerprint density at radius 2 is 2.14 bits per heavy atom. The second-order valence-electron chi connectivity index (χ2n) is 4.98. The molecule has 0 aliphatic rings. The molecule has 0 aromatic carbocycles. The van der Waals surface area contributed by atoms with Crippen molar-refractivity contribution in [2.75, 3.05) is 6.54 Å². The van der Waals surface area contributed by atoms with E-state index in [0.29, 0.717) is 5.92 Å². The zero-order chi connectivity index (χ0) is 10.8. The molecule has 0 spiro atoms. The average molecular weight is 195 g/mol. The smallest absolute Gasteiger partial charge is 0.0627 e. The fraction of sp³-hybridized carbons (Fsp3) is 0.727. The molecule has 1 aromatic heterocycles. The fourth-order valence-electron chi connectivity index (χ4n) is 1.57. The molecular weight excluding hydrogens is 174 g/mol. The summed E-state index contributed by atoms with van der Waals surface area (Å²) in [6.07, 6.45) is 2.95. The van der Waals surface area contributed by atoms with E-state index in [-0.39, 0.29) is 5.41 Å². The van der Waals surface area contributed by atoms with Crippen molar-refractivity contribution in [2.45, 2.75) is 27.2 Å². The molecule has 1 aromatic rings. The molecule has 0 bridgehead atoms. The first-order valence-corrected chi connectivity index (χ1v) is 5.12. The van der Waals surface area contributed by atoms with Gasteiger partial charge >= 0.3 is 0 Å². The van der Waals surface area contributed by atoms with Gasteiger partial charge in [-0.15, -0.1) is 0 Å². The number of nitrogens with two attached hydrogens (primary N) is 1. The molecule has 1 heterocycles. The topological polar surface area (TPSA) is 43.8 Å². The Bertz CT molecular complexity index is 283. The maximum atomic E-state index is 5.78. The number of aromatic nitrogens is 2. The van der Waals surface area contributed by atoms with Crippen LogP contribution in [0.4, 0.5) is 0 Å². The maximum Gasteiger partial charge on any atom is 0.0627 e. The third-order valence-electron chi connectivity index (χ3n) is 2.73. The van der Waals surface area contributed by atoms with Crippen molar-refractivity contribution in [2.24, 2.45) is 24.1 Å². The van der Waals surface area contributed by atoms with Crippen LogP contribution in [-0.2, 0) is 13.5 Å². The van der Waals surface area contributed by atoms with E-state index in [1.54, 1.807) is 0 Å². The van der Waals surface area contributed by atoms with Gasteiger partial charge in [0.1, 0.15) is 0 Å². The van der Waals surface area contributed by atoms with Gasteiger partial charge in [-0.25, -0.2) is 0 Å². The van der Waals surface area contributed by atoms with Gasteiger partial charge in [-0.1, -0.05) is 20.8 Å². The van der Waals surface area contributed by atoms with Gasteiger partial charge in [-0.2, -0.15) is 5.10 Å². The summed E-state index contributed by atoms with van der Waals surface area (Å²) in [7, 11) is 1.94. The highest BCUT2D eigenvalue weighted by Crippen LogP contribution is 2.27. The highest BCUT2D eigenvalue weighted by molar-refractivity contribution is 5.01. The van der Waals surface area contributed by atoms with E-state index in [2.05, 4.69) is 31.9 Å². The standard InChI is InChI=1S/C11H21N3/c1-11(2,3)9(8-12)7-10-5-6-14(4)13-10/h5-6,9H,7-8,12H2,1-4H3. The van der Waals surface area contributed by atoms with Crippen molar-refractivity contribution < 1.29 is 0 Å². The van der Waals surface area contributed by atoms with E-state index in [0.717, 1.165) is 18.7 Å². The first-order chi connectivity index (χ1) is 6.43. The van der Waals surface area contributed by atoms with Crippen LogP contribution in [-0.4, -0.2) is 16.3 Å². The van der Waals surface area contributed by atoms with Crippen LogP contribution in [0.15, 0.2) is 12.3 Å². The molecule has 2 N–H and O–H groups in total. The van der Waals surface area contributed by atoms with Crippen molar-refractivity contribution in [1.82, 2.24) is 9.78 Å². The monoisotopic (exact) mass is 195 g/mol. The number of rotatable bonds is 3. The van der Waals surface area contributed by atoms with Crippen molar-refractivity contribution in [3.63, 3.8) is 0 Å². The summed E-state index contributed by atoms with van der Waals surface area (Å²) < 4.78 is 1.84. The molecule has 0 radical (unpaired) electrons. The Morgan fingerprint density at radius 1 is 1.50 bits per heavy atom. The summed E-state index contributed by atoms with van der Waals surface area (Å²) in [5, 5.41) is 4.37.